The first-order valence-corrected chi connectivity index (χ1v) is 6.60. The maximum Gasteiger partial charge on any atom is 0.256 e. The fraction of sp³-hybridized carbons (Fsp3) is 0.400. The van der Waals surface area contributed by atoms with Crippen molar-refractivity contribution in [3.8, 4) is 11.8 Å². The minimum atomic E-state index is -0.907. The summed E-state index contributed by atoms with van der Waals surface area (Å²) < 4.78 is 5.24. The van der Waals surface area contributed by atoms with Crippen molar-refractivity contribution in [2.75, 3.05) is 19.0 Å². The molecule has 4 nitrogen and oxygen atoms in total. The molecule has 0 aliphatic carbocycles. The van der Waals surface area contributed by atoms with E-state index in [9.17, 15) is 4.79 Å². The third-order valence-electron chi connectivity index (χ3n) is 3.13. The first-order chi connectivity index (χ1) is 9.46. The highest BCUT2D eigenvalue weighted by Crippen LogP contribution is 2.25. The summed E-state index contributed by atoms with van der Waals surface area (Å²) in [6.07, 6.45) is 0.539. The van der Waals surface area contributed by atoms with E-state index in [1.165, 1.54) is 7.11 Å². The van der Waals surface area contributed by atoms with Gasteiger partial charge in [0.2, 0.25) is 0 Å². The van der Waals surface area contributed by atoms with Crippen LogP contribution in [-0.4, -0.2) is 30.3 Å². The third-order valence-corrected chi connectivity index (χ3v) is 3.46. The van der Waals surface area contributed by atoms with E-state index in [4.69, 9.17) is 21.4 Å². The molecule has 1 aromatic carbocycles. The lowest BCUT2D eigenvalue weighted by molar-refractivity contribution is -0.136. The molecule has 0 aromatic heterocycles. The van der Waals surface area contributed by atoms with Crippen molar-refractivity contribution in [2.45, 2.75) is 25.9 Å². The van der Waals surface area contributed by atoms with Crippen molar-refractivity contribution in [1.82, 2.24) is 0 Å². The maximum atomic E-state index is 12.2. The quantitative estimate of drug-likeness (QED) is 0.839. The number of aliphatic hydroxyl groups is 1. The molecule has 0 aliphatic heterocycles. The highest BCUT2D eigenvalue weighted by atomic mass is 35.5. The molecule has 5 heteroatoms. The van der Waals surface area contributed by atoms with E-state index in [-0.39, 0.29) is 12.5 Å². The standard InChI is InChI=1S/C15H18ClNO3/c1-4-15(2,20-3)14(19)17-13-10-11(6-5-9-18)7-8-12(13)16/h7-8,10,18H,4,9H2,1-3H3,(H,17,19). The minimum absolute atomic E-state index is 0.220. The van der Waals surface area contributed by atoms with Gasteiger partial charge in [0.1, 0.15) is 12.2 Å². The smallest absolute Gasteiger partial charge is 0.256 e. The Balaban J connectivity index is 3.00. The second-order valence-corrected chi connectivity index (χ2v) is 4.80. The van der Waals surface area contributed by atoms with E-state index < -0.39 is 5.60 Å². The molecule has 1 unspecified atom stereocenters. The molecule has 0 bridgehead atoms. The molecule has 0 fully saturated rings. The Bertz CT molecular complexity index is 542. The van der Waals surface area contributed by atoms with Crippen molar-refractivity contribution >= 4 is 23.2 Å². The van der Waals surface area contributed by atoms with Gasteiger partial charge in [-0.2, -0.15) is 0 Å². The second-order valence-electron chi connectivity index (χ2n) is 4.40. The molecule has 0 saturated carbocycles. The summed E-state index contributed by atoms with van der Waals surface area (Å²) in [5.74, 6) is 5.04. The molecule has 0 heterocycles. The Morgan fingerprint density at radius 2 is 2.25 bits per heavy atom. The predicted octanol–water partition coefficient (Wildman–Crippen LogP) is 2.44. The van der Waals surface area contributed by atoms with Crippen LogP contribution in [0, 0.1) is 11.8 Å². The molecule has 1 aromatic rings. The van der Waals surface area contributed by atoms with Gasteiger partial charge in [-0.1, -0.05) is 30.4 Å². The number of methoxy groups -OCH3 is 1. The Kier molecular flexibility index (Phi) is 6.03. The number of carbonyl (C=O) groups excluding carboxylic acids is 1. The van der Waals surface area contributed by atoms with Gasteiger partial charge in [0.15, 0.2) is 0 Å². The van der Waals surface area contributed by atoms with Crippen LogP contribution in [0.3, 0.4) is 0 Å². The third kappa shape index (κ3) is 3.97. The molecule has 108 valence electrons. The van der Waals surface area contributed by atoms with Crippen LogP contribution >= 0.6 is 11.6 Å². The van der Waals surface area contributed by atoms with Gasteiger partial charge in [0, 0.05) is 12.7 Å². The molecular formula is C15H18ClNO3. The summed E-state index contributed by atoms with van der Waals surface area (Å²) in [4.78, 5) is 12.2. The highest BCUT2D eigenvalue weighted by Gasteiger charge is 2.31. The van der Waals surface area contributed by atoms with Crippen LogP contribution in [0.5, 0.6) is 0 Å². The average molecular weight is 296 g/mol. The Morgan fingerprint density at radius 1 is 1.55 bits per heavy atom. The van der Waals surface area contributed by atoms with E-state index in [0.29, 0.717) is 22.7 Å². The van der Waals surface area contributed by atoms with E-state index >= 15 is 0 Å². The fourth-order valence-corrected chi connectivity index (χ4v) is 1.66. The minimum Gasteiger partial charge on any atom is -0.384 e. The highest BCUT2D eigenvalue weighted by molar-refractivity contribution is 6.33. The largest absolute Gasteiger partial charge is 0.384 e. The van der Waals surface area contributed by atoms with Crippen LogP contribution < -0.4 is 5.32 Å². The first-order valence-electron chi connectivity index (χ1n) is 6.22. The van der Waals surface area contributed by atoms with E-state index in [1.54, 1.807) is 25.1 Å². The summed E-state index contributed by atoms with van der Waals surface area (Å²) in [5.41, 5.74) is 0.225. The number of hydrogen-bond donors (Lipinski definition) is 2. The van der Waals surface area contributed by atoms with Gasteiger partial charge >= 0.3 is 0 Å². The van der Waals surface area contributed by atoms with Gasteiger partial charge < -0.3 is 15.2 Å². The van der Waals surface area contributed by atoms with Crippen molar-refractivity contribution in [3.63, 3.8) is 0 Å². The van der Waals surface area contributed by atoms with Gasteiger partial charge in [-0.05, 0) is 31.5 Å². The molecule has 1 atom stereocenters. The number of benzene rings is 1. The number of carbonyl (C=O) groups is 1. The Hall–Kier alpha value is -1.54. The lowest BCUT2D eigenvalue weighted by Crippen LogP contribution is -2.41. The molecule has 20 heavy (non-hydrogen) atoms. The van der Waals surface area contributed by atoms with Crippen molar-refractivity contribution < 1.29 is 14.6 Å². The van der Waals surface area contributed by atoms with E-state index in [2.05, 4.69) is 17.2 Å². The van der Waals surface area contributed by atoms with Gasteiger partial charge in [-0.3, -0.25) is 4.79 Å². The summed E-state index contributed by atoms with van der Waals surface area (Å²) >= 11 is 6.06. The second kappa shape index (κ2) is 7.30. The number of amides is 1. The summed E-state index contributed by atoms with van der Waals surface area (Å²) in [5, 5.41) is 11.8. The molecule has 0 aliphatic rings. The molecule has 2 N–H and O–H groups in total. The Morgan fingerprint density at radius 3 is 2.80 bits per heavy atom. The SMILES string of the molecule is CCC(C)(OC)C(=O)Nc1cc(C#CCO)ccc1Cl. The number of aliphatic hydroxyl groups excluding tert-OH is 1. The van der Waals surface area contributed by atoms with Gasteiger partial charge in [0.05, 0.1) is 10.7 Å². The van der Waals surface area contributed by atoms with Crippen molar-refractivity contribution in [2.24, 2.45) is 0 Å². The Labute approximate surface area is 124 Å². The number of ether oxygens (including phenoxy) is 1. The molecule has 1 rings (SSSR count). The van der Waals surface area contributed by atoms with Gasteiger partial charge in [-0.25, -0.2) is 0 Å². The molecular weight excluding hydrogens is 278 g/mol. The number of halogens is 1. The lowest BCUT2D eigenvalue weighted by Gasteiger charge is -2.25. The predicted molar refractivity (Wildman–Crippen MR) is 79.8 cm³/mol. The lowest BCUT2D eigenvalue weighted by atomic mass is 10.0. The van der Waals surface area contributed by atoms with Crippen LogP contribution in [0.2, 0.25) is 5.02 Å². The van der Waals surface area contributed by atoms with Crippen molar-refractivity contribution in [3.05, 3.63) is 28.8 Å². The van der Waals surface area contributed by atoms with Crippen LogP contribution in [0.15, 0.2) is 18.2 Å². The number of anilines is 1. The van der Waals surface area contributed by atoms with Crippen LogP contribution in [-0.2, 0) is 9.53 Å². The summed E-state index contributed by atoms with van der Waals surface area (Å²) in [6, 6.07) is 5.03. The van der Waals surface area contributed by atoms with Gasteiger partial charge in [-0.15, -0.1) is 0 Å². The van der Waals surface area contributed by atoms with Crippen LogP contribution in [0.25, 0.3) is 0 Å². The topological polar surface area (TPSA) is 58.6 Å². The normalized spacial score (nSPS) is 13.1. The monoisotopic (exact) mass is 295 g/mol. The number of nitrogens with one attached hydrogen (secondary N) is 1. The van der Waals surface area contributed by atoms with E-state index in [0.717, 1.165) is 0 Å². The zero-order chi connectivity index (χ0) is 15.2. The van der Waals surface area contributed by atoms with Crippen LogP contribution in [0.4, 0.5) is 5.69 Å². The zero-order valence-electron chi connectivity index (χ0n) is 11.8. The average Bonchev–Trinajstić information content (AvgIpc) is 2.47. The van der Waals surface area contributed by atoms with Gasteiger partial charge in [0.25, 0.3) is 5.91 Å². The molecule has 0 radical (unpaired) electrons. The number of hydrogen-bond acceptors (Lipinski definition) is 3. The van der Waals surface area contributed by atoms with Crippen LogP contribution in [0.1, 0.15) is 25.8 Å². The summed E-state index contributed by atoms with van der Waals surface area (Å²) in [7, 11) is 1.49. The molecule has 0 spiro atoms. The maximum absolute atomic E-state index is 12.2. The first kappa shape index (κ1) is 16.5. The fourth-order valence-electron chi connectivity index (χ4n) is 1.49. The molecule has 1 amide bonds. The molecule has 0 saturated heterocycles. The van der Waals surface area contributed by atoms with Crippen molar-refractivity contribution in [1.29, 1.82) is 0 Å². The summed E-state index contributed by atoms with van der Waals surface area (Å²) in [6.45, 7) is 3.36. The van der Waals surface area contributed by atoms with E-state index in [1.807, 2.05) is 6.92 Å². The zero-order valence-corrected chi connectivity index (χ0v) is 12.5. The number of rotatable bonds is 4.